The number of hydrogen-bond acceptors (Lipinski definition) is 3. The van der Waals surface area contributed by atoms with Gasteiger partial charge >= 0.3 is 5.97 Å². The number of methoxy groups -OCH3 is 1. The van der Waals surface area contributed by atoms with Gasteiger partial charge in [-0.1, -0.05) is 0 Å². The number of amides is 1. The quantitative estimate of drug-likeness (QED) is 0.596. The lowest BCUT2D eigenvalue weighted by molar-refractivity contribution is -0.137. The van der Waals surface area contributed by atoms with Gasteiger partial charge in [0.05, 0.1) is 12.6 Å². The largest absolute Gasteiger partial charge is 0.481 e. The Kier molecular flexibility index (Phi) is 5.97. The predicted octanol–water partition coefficient (Wildman–Crippen LogP) is 1.17. The van der Waals surface area contributed by atoms with E-state index in [-0.39, 0.29) is 18.4 Å². The van der Waals surface area contributed by atoms with Gasteiger partial charge in [-0.15, -0.1) is 0 Å². The number of carboxylic acid groups (broad SMARTS) is 1. The number of aliphatic carboxylic acids is 1. The summed E-state index contributed by atoms with van der Waals surface area (Å²) in [4.78, 5) is 21.9. The molecule has 5 heteroatoms. The molecule has 1 atom stereocenters. The van der Waals surface area contributed by atoms with Gasteiger partial charge in [-0.25, -0.2) is 0 Å². The Bertz CT molecular complexity index is 263. The first kappa shape index (κ1) is 14.0. The Labute approximate surface area is 102 Å². The van der Waals surface area contributed by atoms with Crippen molar-refractivity contribution in [3.63, 3.8) is 0 Å². The van der Waals surface area contributed by atoms with Gasteiger partial charge in [0.1, 0.15) is 0 Å². The van der Waals surface area contributed by atoms with Crippen molar-refractivity contribution in [2.75, 3.05) is 13.7 Å². The first-order chi connectivity index (χ1) is 8.13. The molecule has 0 aromatic rings. The van der Waals surface area contributed by atoms with E-state index in [0.717, 1.165) is 12.8 Å². The molecule has 0 aliphatic heterocycles. The van der Waals surface area contributed by atoms with Crippen molar-refractivity contribution in [2.24, 2.45) is 5.92 Å². The lowest BCUT2D eigenvalue weighted by Gasteiger charge is -2.17. The molecule has 0 heterocycles. The third-order valence-electron chi connectivity index (χ3n) is 2.93. The zero-order valence-corrected chi connectivity index (χ0v) is 10.3. The standard InChI is InChI=1S/C12H21NO4/c1-17-8-10(9-6-7-9)13-11(14)4-2-3-5-12(15)16/h9-10H,2-8H2,1H3,(H,13,14)(H,15,16). The Morgan fingerprint density at radius 1 is 1.35 bits per heavy atom. The Morgan fingerprint density at radius 2 is 2.00 bits per heavy atom. The van der Waals surface area contributed by atoms with Crippen LogP contribution in [-0.4, -0.2) is 36.7 Å². The van der Waals surface area contributed by atoms with Crippen LogP contribution in [0, 0.1) is 5.92 Å². The Morgan fingerprint density at radius 3 is 2.53 bits per heavy atom. The predicted molar refractivity (Wildman–Crippen MR) is 62.6 cm³/mol. The van der Waals surface area contributed by atoms with Crippen LogP contribution in [-0.2, 0) is 14.3 Å². The number of carbonyl (C=O) groups excluding carboxylic acids is 1. The average Bonchev–Trinajstić information content (AvgIpc) is 3.07. The number of carbonyl (C=O) groups is 2. The summed E-state index contributed by atoms with van der Waals surface area (Å²) in [5.41, 5.74) is 0. The first-order valence-electron chi connectivity index (χ1n) is 6.13. The maximum absolute atomic E-state index is 11.6. The fourth-order valence-corrected chi connectivity index (χ4v) is 1.81. The molecule has 98 valence electrons. The van der Waals surface area contributed by atoms with Gasteiger partial charge in [-0.2, -0.15) is 0 Å². The van der Waals surface area contributed by atoms with Crippen LogP contribution in [0.25, 0.3) is 0 Å². The number of unbranched alkanes of at least 4 members (excludes halogenated alkanes) is 1. The highest BCUT2D eigenvalue weighted by molar-refractivity contribution is 5.76. The third-order valence-corrected chi connectivity index (χ3v) is 2.93. The van der Waals surface area contributed by atoms with Crippen molar-refractivity contribution in [1.29, 1.82) is 0 Å². The second kappa shape index (κ2) is 7.27. The van der Waals surface area contributed by atoms with Crippen molar-refractivity contribution in [2.45, 2.75) is 44.6 Å². The minimum Gasteiger partial charge on any atom is -0.481 e. The van der Waals surface area contributed by atoms with E-state index in [0.29, 0.717) is 31.8 Å². The second-order valence-electron chi connectivity index (χ2n) is 4.57. The molecule has 1 aliphatic carbocycles. The van der Waals surface area contributed by atoms with E-state index in [2.05, 4.69) is 5.32 Å². The summed E-state index contributed by atoms with van der Waals surface area (Å²) >= 11 is 0. The van der Waals surface area contributed by atoms with Crippen LogP contribution >= 0.6 is 0 Å². The average molecular weight is 243 g/mol. The van der Waals surface area contributed by atoms with Crippen molar-refractivity contribution in [1.82, 2.24) is 5.32 Å². The minimum atomic E-state index is -0.805. The van der Waals surface area contributed by atoms with Crippen LogP contribution in [0.4, 0.5) is 0 Å². The zero-order chi connectivity index (χ0) is 12.7. The molecule has 0 saturated heterocycles. The van der Waals surface area contributed by atoms with E-state index in [1.807, 2.05) is 0 Å². The lowest BCUT2D eigenvalue weighted by atomic mass is 10.1. The van der Waals surface area contributed by atoms with Gasteiger partial charge in [0.15, 0.2) is 0 Å². The zero-order valence-electron chi connectivity index (χ0n) is 10.3. The smallest absolute Gasteiger partial charge is 0.303 e. The molecular weight excluding hydrogens is 222 g/mol. The molecule has 5 nitrogen and oxygen atoms in total. The molecular formula is C12H21NO4. The topological polar surface area (TPSA) is 75.6 Å². The molecule has 0 spiro atoms. The molecule has 0 aromatic carbocycles. The van der Waals surface area contributed by atoms with Gasteiger partial charge < -0.3 is 15.2 Å². The van der Waals surface area contributed by atoms with Crippen LogP contribution in [0.1, 0.15) is 38.5 Å². The summed E-state index contributed by atoms with van der Waals surface area (Å²) in [5, 5.41) is 11.4. The molecule has 1 aliphatic rings. The Balaban J connectivity index is 2.11. The summed E-state index contributed by atoms with van der Waals surface area (Å²) in [6.07, 6.45) is 4.04. The van der Waals surface area contributed by atoms with E-state index in [4.69, 9.17) is 9.84 Å². The van der Waals surface area contributed by atoms with E-state index < -0.39 is 5.97 Å². The highest BCUT2D eigenvalue weighted by atomic mass is 16.5. The molecule has 2 N–H and O–H groups in total. The van der Waals surface area contributed by atoms with Crippen molar-refractivity contribution >= 4 is 11.9 Å². The SMILES string of the molecule is COCC(NC(=O)CCCCC(=O)O)C1CC1. The molecule has 0 aromatic heterocycles. The fraction of sp³-hybridized carbons (Fsp3) is 0.833. The van der Waals surface area contributed by atoms with Crippen molar-refractivity contribution in [3.8, 4) is 0 Å². The van der Waals surface area contributed by atoms with Gasteiger partial charge in [0.25, 0.3) is 0 Å². The second-order valence-corrected chi connectivity index (χ2v) is 4.57. The molecule has 1 amide bonds. The van der Waals surface area contributed by atoms with E-state index in [1.165, 1.54) is 0 Å². The maximum Gasteiger partial charge on any atom is 0.303 e. The summed E-state index contributed by atoms with van der Waals surface area (Å²) in [7, 11) is 1.63. The molecule has 1 unspecified atom stereocenters. The molecule has 1 rings (SSSR count). The minimum absolute atomic E-state index is 0.00402. The molecule has 1 saturated carbocycles. The summed E-state index contributed by atoms with van der Waals surface area (Å²) in [5.74, 6) is -0.233. The van der Waals surface area contributed by atoms with Gasteiger partial charge in [0, 0.05) is 20.0 Å². The van der Waals surface area contributed by atoms with Gasteiger partial charge in [-0.05, 0) is 31.6 Å². The third kappa shape index (κ3) is 6.26. The first-order valence-corrected chi connectivity index (χ1v) is 6.13. The number of nitrogens with one attached hydrogen (secondary N) is 1. The van der Waals surface area contributed by atoms with Crippen molar-refractivity contribution < 1.29 is 19.4 Å². The number of hydrogen-bond donors (Lipinski definition) is 2. The number of ether oxygens (including phenoxy) is 1. The van der Waals surface area contributed by atoms with Crippen LogP contribution in [0.5, 0.6) is 0 Å². The number of carboxylic acids is 1. The van der Waals surface area contributed by atoms with Crippen LogP contribution in [0.3, 0.4) is 0 Å². The normalized spacial score (nSPS) is 16.5. The monoisotopic (exact) mass is 243 g/mol. The highest BCUT2D eigenvalue weighted by Crippen LogP contribution is 2.32. The van der Waals surface area contributed by atoms with E-state index in [9.17, 15) is 9.59 Å². The van der Waals surface area contributed by atoms with Crippen LogP contribution in [0.15, 0.2) is 0 Å². The molecule has 0 radical (unpaired) electrons. The van der Waals surface area contributed by atoms with Crippen LogP contribution in [0.2, 0.25) is 0 Å². The van der Waals surface area contributed by atoms with Gasteiger partial charge in [0.2, 0.25) is 5.91 Å². The number of rotatable bonds is 9. The Hall–Kier alpha value is -1.10. The van der Waals surface area contributed by atoms with Crippen LogP contribution < -0.4 is 5.32 Å². The fourth-order valence-electron chi connectivity index (χ4n) is 1.81. The highest BCUT2D eigenvalue weighted by Gasteiger charge is 2.31. The van der Waals surface area contributed by atoms with Gasteiger partial charge in [-0.3, -0.25) is 9.59 Å². The summed E-state index contributed by atoms with van der Waals surface area (Å²) in [6.45, 7) is 0.561. The summed E-state index contributed by atoms with van der Waals surface area (Å²) in [6, 6.07) is 0.131. The lowest BCUT2D eigenvalue weighted by Crippen LogP contribution is -2.39. The summed E-state index contributed by atoms with van der Waals surface area (Å²) < 4.78 is 5.07. The molecule has 1 fully saturated rings. The molecule has 0 bridgehead atoms. The van der Waals surface area contributed by atoms with Crippen molar-refractivity contribution in [3.05, 3.63) is 0 Å². The van der Waals surface area contributed by atoms with E-state index in [1.54, 1.807) is 7.11 Å². The van der Waals surface area contributed by atoms with E-state index >= 15 is 0 Å². The maximum atomic E-state index is 11.6. The molecule has 17 heavy (non-hydrogen) atoms.